The molecule has 1 aliphatic carbocycles. The molecule has 1 heterocycles. The molecule has 0 atom stereocenters. The van der Waals surface area contributed by atoms with Gasteiger partial charge >= 0.3 is 5.97 Å². The third kappa shape index (κ3) is 2.41. The molecule has 16 heavy (non-hydrogen) atoms. The molecule has 0 aliphatic heterocycles. The fourth-order valence-electron chi connectivity index (χ4n) is 2.14. The van der Waals surface area contributed by atoms with Gasteiger partial charge in [-0.2, -0.15) is 0 Å². The first-order valence-electron chi connectivity index (χ1n) is 5.65. The summed E-state index contributed by atoms with van der Waals surface area (Å²) in [6.07, 6.45) is 6.57. The van der Waals surface area contributed by atoms with Gasteiger partial charge in [0.05, 0.1) is 6.54 Å². The van der Waals surface area contributed by atoms with Gasteiger partial charge in [0.25, 0.3) is 0 Å². The summed E-state index contributed by atoms with van der Waals surface area (Å²) in [7, 11) is 1.82. The lowest BCUT2D eigenvalue weighted by molar-refractivity contribution is 0.0691. The molecule has 1 aromatic rings. The first-order chi connectivity index (χ1) is 7.66. The van der Waals surface area contributed by atoms with Gasteiger partial charge in [-0.05, 0) is 12.8 Å². The molecule has 0 unspecified atom stereocenters. The van der Waals surface area contributed by atoms with E-state index in [0.717, 1.165) is 5.82 Å². The molecule has 0 aromatic carbocycles. The minimum Gasteiger partial charge on any atom is -0.476 e. The summed E-state index contributed by atoms with van der Waals surface area (Å²) in [4.78, 5) is 14.8. The van der Waals surface area contributed by atoms with Crippen molar-refractivity contribution in [2.75, 3.05) is 0 Å². The summed E-state index contributed by atoms with van der Waals surface area (Å²) in [6, 6.07) is 0.574. The fraction of sp³-hybridized carbons (Fsp3) is 0.636. The first-order valence-corrected chi connectivity index (χ1v) is 5.65. The van der Waals surface area contributed by atoms with Crippen LogP contribution in [0.3, 0.4) is 0 Å². The molecule has 5 heteroatoms. The van der Waals surface area contributed by atoms with Crippen LogP contribution in [0.25, 0.3) is 0 Å². The van der Waals surface area contributed by atoms with Crippen molar-refractivity contribution < 1.29 is 9.90 Å². The van der Waals surface area contributed by atoms with Crippen molar-refractivity contribution in [1.29, 1.82) is 0 Å². The van der Waals surface area contributed by atoms with E-state index in [2.05, 4.69) is 10.3 Å². The number of carboxylic acids is 1. The Bertz CT molecular complexity index is 381. The van der Waals surface area contributed by atoms with Crippen LogP contribution in [-0.2, 0) is 13.6 Å². The predicted octanol–water partition coefficient (Wildman–Crippen LogP) is 1.15. The average Bonchev–Trinajstić information content (AvgIpc) is 2.84. The summed E-state index contributed by atoms with van der Waals surface area (Å²) >= 11 is 0. The molecule has 0 amide bonds. The molecule has 2 N–H and O–H groups in total. The van der Waals surface area contributed by atoms with E-state index >= 15 is 0 Å². The largest absolute Gasteiger partial charge is 0.476 e. The molecule has 88 valence electrons. The van der Waals surface area contributed by atoms with Crippen LogP contribution in [0.15, 0.2) is 6.20 Å². The summed E-state index contributed by atoms with van der Waals surface area (Å²) < 4.78 is 1.77. The number of nitrogens with zero attached hydrogens (tertiary/aromatic N) is 2. The molecule has 1 saturated carbocycles. The van der Waals surface area contributed by atoms with E-state index in [4.69, 9.17) is 5.11 Å². The lowest BCUT2D eigenvalue weighted by atomic mass is 10.2. The highest BCUT2D eigenvalue weighted by atomic mass is 16.4. The van der Waals surface area contributed by atoms with E-state index < -0.39 is 5.97 Å². The zero-order valence-electron chi connectivity index (χ0n) is 9.44. The quantitative estimate of drug-likeness (QED) is 0.803. The molecular weight excluding hydrogens is 206 g/mol. The zero-order valence-corrected chi connectivity index (χ0v) is 9.44. The Labute approximate surface area is 94.5 Å². The van der Waals surface area contributed by atoms with Gasteiger partial charge in [0.2, 0.25) is 0 Å². The molecule has 0 spiro atoms. The second-order valence-electron chi connectivity index (χ2n) is 4.32. The van der Waals surface area contributed by atoms with Gasteiger partial charge < -0.3 is 15.0 Å². The third-order valence-corrected chi connectivity index (χ3v) is 3.10. The van der Waals surface area contributed by atoms with Crippen LogP contribution in [0.2, 0.25) is 0 Å². The van der Waals surface area contributed by atoms with Crippen LogP contribution in [-0.4, -0.2) is 26.7 Å². The summed E-state index contributed by atoms with van der Waals surface area (Å²) in [5, 5.41) is 12.2. The van der Waals surface area contributed by atoms with E-state index in [-0.39, 0.29) is 5.69 Å². The van der Waals surface area contributed by atoms with E-state index in [0.29, 0.717) is 12.6 Å². The van der Waals surface area contributed by atoms with Crippen molar-refractivity contribution in [3.05, 3.63) is 17.7 Å². The van der Waals surface area contributed by atoms with Gasteiger partial charge in [0, 0.05) is 19.3 Å². The van der Waals surface area contributed by atoms with Crippen LogP contribution in [0.1, 0.15) is 42.0 Å². The van der Waals surface area contributed by atoms with Crippen molar-refractivity contribution in [3.63, 3.8) is 0 Å². The molecule has 0 bridgehead atoms. The van der Waals surface area contributed by atoms with Crippen molar-refractivity contribution >= 4 is 5.97 Å². The third-order valence-electron chi connectivity index (χ3n) is 3.10. The molecule has 1 aliphatic rings. The molecular formula is C11H17N3O2. The number of hydrogen-bond donors (Lipinski definition) is 2. The Morgan fingerprint density at radius 1 is 1.62 bits per heavy atom. The summed E-state index contributed by atoms with van der Waals surface area (Å²) in [5.74, 6) is -0.188. The van der Waals surface area contributed by atoms with Crippen molar-refractivity contribution in [1.82, 2.24) is 14.9 Å². The number of aromatic carboxylic acids is 1. The van der Waals surface area contributed by atoms with Crippen LogP contribution < -0.4 is 5.32 Å². The maximum atomic E-state index is 10.7. The second kappa shape index (κ2) is 4.65. The number of nitrogens with one attached hydrogen (secondary N) is 1. The van der Waals surface area contributed by atoms with Gasteiger partial charge in [0.15, 0.2) is 5.69 Å². The molecule has 2 rings (SSSR count). The highest BCUT2D eigenvalue weighted by molar-refractivity contribution is 5.85. The number of rotatable bonds is 4. The van der Waals surface area contributed by atoms with Crippen molar-refractivity contribution in [2.45, 2.75) is 38.3 Å². The normalized spacial score (nSPS) is 16.8. The number of aromatic nitrogens is 2. The van der Waals surface area contributed by atoms with Crippen LogP contribution in [0.4, 0.5) is 0 Å². The Hall–Kier alpha value is -1.36. The summed E-state index contributed by atoms with van der Waals surface area (Å²) in [6.45, 7) is 0.647. The Balaban J connectivity index is 1.95. The number of carboxylic acid groups (broad SMARTS) is 1. The molecule has 1 fully saturated rings. The smallest absolute Gasteiger partial charge is 0.356 e. The summed E-state index contributed by atoms with van der Waals surface area (Å²) in [5.41, 5.74) is 0.116. The fourth-order valence-corrected chi connectivity index (χ4v) is 2.14. The standard InChI is InChI=1S/C11H17N3O2/c1-14-7-9(11(15)16)13-10(14)6-12-8-4-2-3-5-8/h7-8,12H,2-6H2,1H3,(H,15,16). The number of imidazole rings is 1. The monoisotopic (exact) mass is 223 g/mol. The van der Waals surface area contributed by atoms with Gasteiger partial charge in [-0.15, -0.1) is 0 Å². The van der Waals surface area contributed by atoms with E-state index in [1.54, 1.807) is 10.8 Å². The second-order valence-corrected chi connectivity index (χ2v) is 4.32. The molecule has 0 radical (unpaired) electrons. The number of hydrogen-bond acceptors (Lipinski definition) is 3. The molecule has 0 saturated heterocycles. The lowest BCUT2D eigenvalue weighted by Gasteiger charge is -2.10. The van der Waals surface area contributed by atoms with Gasteiger partial charge in [0.1, 0.15) is 5.82 Å². The number of carbonyl (C=O) groups is 1. The van der Waals surface area contributed by atoms with Gasteiger partial charge in [-0.1, -0.05) is 12.8 Å². The average molecular weight is 223 g/mol. The Morgan fingerprint density at radius 2 is 2.31 bits per heavy atom. The van der Waals surface area contributed by atoms with Gasteiger partial charge in [-0.3, -0.25) is 0 Å². The van der Waals surface area contributed by atoms with Gasteiger partial charge in [-0.25, -0.2) is 9.78 Å². The highest BCUT2D eigenvalue weighted by Gasteiger charge is 2.16. The minimum atomic E-state index is -0.970. The van der Waals surface area contributed by atoms with E-state index in [1.807, 2.05) is 7.05 Å². The van der Waals surface area contributed by atoms with Crippen LogP contribution in [0.5, 0.6) is 0 Å². The zero-order chi connectivity index (χ0) is 11.5. The predicted molar refractivity (Wildman–Crippen MR) is 59.3 cm³/mol. The SMILES string of the molecule is Cn1cc(C(=O)O)nc1CNC1CCCC1. The Morgan fingerprint density at radius 3 is 2.88 bits per heavy atom. The number of aryl methyl sites for hydroxylation is 1. The Kier molecular flexibility index (Phi) is 3.24. The minimum absolute atomic E-state index is 0.116. The van der Waals surface area contributed by atoms with Crippen LogP contribution >= 0.6 is 0 Å². The first kappa shape index (κ1) is 11.1. The van der Waals surface area contributed by atoms with Crippen molar-refractivity contribution in [3.8, 4) is 0 Å². The molecule has 5 nitrogen and oxygen atoms in total. The van der Waals surface area contributed by atoms with E-state index in [1.165, 1.54) is 25.7 Å². The lowest BCUT2D eigenvalue weighted by Crippen LogP contribution is -2.26. The maximum absolute atomic E-state index is 10.7. The maximum Gasteiger partial charge on any atom is 0.356 e. The van der Waals surface area contributed by atoms with Crippen LogP contribution in [0, 0.1) is 0 Å². The topological polar surface area (TPSA) is 67.2 Å². The van der Waals surface area contributed by atoms with E-state index in [9.17, 15) is 4.79 Å². The van der Waals surface area contributed by atoms with Crippen molar-refractivity contribution in [2.24, 2.45) is 7.05 Å². The molecule has 1 aromatic heterocycles. The highest BCUT2D eigenvalue weighted by Crippen LogP contribution is 2.17.